The van der Waals surface area contributed by atoms with E-state index in [0.29, 0.717) is 0 Å². The fourth-order valence-electron chi connectivity index (χ4n) is 2.00. The quantitative estimate of drug-likeness (QED) is 0.304. The van der Waals surface area contributed by atoms with Crippen LogP contribution in [-0.2, 0) is 14.3 Å². The van der Waals surface area contributed by atoms with E-state index in [0.717, 1.165) is 13.2 Å². The summed E-state index contributed by atoms with van der Waals surface area (Å²) < 4.78 is 9.66. The van der Waals surface area contributed by atoms with Gasteiger partial charge in [-0.3, -0.25) is 10.1 Å². The highest BCUT2D eigenvalue weighted by atomic mass is 28.3. The number of carbonyl (C=O) groups is 2. The van der Waals surface area contributed by atoms with Gasteiger partial charge >= 0.3 is 12.1 Å². The van der Waals surface area contributed by atoms with Crippen LogP contribution in [-0.4, -0.2) is 49.9 Å². The number of non-ortho nitro benzene ring substituents is 1. The molecular weight excluding hydrogens is 360 g/mol. The molecule has 0 saturated heterocycles. The van der Waals surface area contributed by atoms with E-state index < -0.39 is 37.2 Å². The maximum atomic E-state index is 11.9. The molecule has 2 atom stereocenters. The van der Waals surface area contributed by atoms with E-state index in [1.807, 2.05) is 0 Å². The number of ether oxygens (including phenoxy) is 2. The average molecular weight is 384 g/mol. The van der Waals surface area contributed by atoms with Crippen molar-refractivity contribution in [2.45, 2.75) is 37.8 Å². The van der Waals surface area contributed by atoms with Crippen molar-refractivity contribution in [1.82, 2.24) is 5.32 Å². The minimum atomic E-state index is -1.45. The third-order valence-electron chi connectivity index (χ3n) is 3.57. The maximum absolute atomic E-state index is 11.9. The summed E-state index contributed by atoms with van der Waals surface area (Å²) in [6.07, 6.45) is -2.30. The molecule has 0 bridgehead atoms. The second kappa shape index (κ2) is 9.29. The first-order valence-electron chi connectivity index (χ1n) is 7.98. The number of esters is 1. The lowest BCUT2D eigenvalue weighted by Crippen LogP contribution is -2.46. The Morgan fingerprint density at radius 3 is 2.31 bits per heavy atom. The molecular formula is C16H24N2O7Si. The molecule has 0 spiro atoms. The zero-order valence-corrected chi connectivity index (χ0v) is 16.2. The zero-order valence-electron chi connectivity index (χ0n) is 15.2. The fraction of sp³-hybridized carbons (Fsp3) is 0.500. The van der Waals surface area contributed by atoms with Gasteiger partial charge in [-0.05, 0) is 23.7 Å². The van der Waals surface area contributed by atoms with Gasteiger partial charge in [-0.25, -0.2) is 9.59 Å². The molecule has 0 aliphatic carbocycles. The molecule has 0 aromatic heterocycles. The molecule has 1 rings (SSSR count). The fourth-order valence-corrected chi connectivity index (χ4v) is 2.71. The predicted molar refractivity (Wildman–Crippen MR) is 96.5 cm³/mol. The molecule has 26 heavy (non-hydrogen) atoms. The van der Waals surface area contributed by atoms with Crippen molar-refractivity contribution in [2.24, 2.45) is 0 Å². The second-order valence-corrected chi connectivity index (χ2v) is 12.5. The lowest BCUT2D eigenvalue weighted by Gasteiger charge is -2.22. The third-order valence-corrected chi connectivity index (χ3v) is 5.28. The third kappa shape index (κ3) is 6.80. The topological polar surface area (TPSA) is 128 Å². The summed E-state index contributed by atoms with van der Waals surface area (Å²) in [5.74, 6) is -0.863. The molecule has 0 saturated carbocycles. The number of aliphatic hydroxyl groups is 1. The summed E-state index contributed by atoms with van der Waals surface area (Å²) in [5, 5.41) is 23.4. The molecule has 144 valence electrons. The monoisotopic (exact) mass is 384 g/mol. The highest BCUT2D eigenvalue weighted by molar-refractivity contribution is 6.76. The molecule has 1 amide bonds. The van der Waals surface area contributed by atoms with Crippen LogP contribution in [0, 0.1) is 10.1 Å². The van der Waals surface area contributed by atoms with Crippen LogP contribution in [0.2, 0.25) is 25.7 Å². The first kappa shape index (κ1) is 21.6. The van der Waals surface area contributed by atoms with Gasteiger partial charge in [0.25, 0.3) is 5.69 Å². The first-order chi connectivity index (χ1) is 12.0. The number of nitrogens with zero attached hydrogens (tertiary/aromatic N) is 1. The van der Waals surface area contributed by atoms with Crippen LogP contribution in [0.1, 0.15) is 11.7 Å². The van der Waals surface area contributed by atoms with E-state index >= 15 is 0 Å². The van der Waals surface area contributed by atoms with Gasteiger partial charge in [-0.1, -0.05) is 19.6 Å². The zero-order chi connectivity index (χ0) is 19.9. The maximum Gasteiger partial charge on any atom is 0.407 e. The van der Waals surface area contributed by atoms with Crippen LogP contribution in [0.25, 0.3) is 0 Å². The van der Waals surface area contributed by atoms with Gasteiger partial charge < -0.3 is 19.9 Å². The summed E-state index contributed by atoms with van der Waals surface area (Å²) in [6.45, 7) is 6.60. The number of nitro benzene ring substituents is 1. The Bertz CT molecular complexity index is 643. The molecule has 0 radical (unpaired) electrons. The van der Waals surface area contributed by atoms with Crippen molar-refractivity contribution >= 4 is 25.8 Å². The van der Waals surface area contributed by atoms with Crippen molar-refractivity contribution in [3.8, 4) is 0 Å². The van der Waals surface area contributed by atoms with Crippen LogP contribution < -0.4 is 5.32 Å². The van der Waals surface area contributed by atoms with Crippen molar-refractivity contribution in [2.75, 3.05) is 13.7 Å². The average Bonchev–Trinajstić information content (AvgIpc) is 2.57. The van der Waals surface area contributed by atoms with E-state index in [1.165, 1.54) is 24.3 Å². The smallest absolute Gasteiger partial charge is 0.407 e. The van der Waals surface area contributed by atoms with E-state index in [9.17, 15) is 24.8 Å². The van der Waals surface area contributed by atoms with E-state index in [-0.39, 0.29) is 17.9 Å². The van der Waals surface area contributed by atoms with Crippen molar-refractivity contribution < 1.29 is 29.1 Å². The molecule has 0 fully saturated rings. The summed E-state index contributed by atoms with van der Waals surface area (Å²) in [6, 6.07) is 4.35. The number of carbonyl (C=O) groups excluding carboxylic acids is 2. The molecule has 1 aromatic rings. The van der Waals surface area contributed by atoms with Crippen LogP contribution in [0.5, 0.6) is 0 Å². The number of nitro groups is 1. The SMILES string of the molecule is COC(=O)[C@@H](NC(=O)OCC[Si](C)(C)C)[C@H](O)c1ccc([N+](=O)[O-])cc1. The number of methoxy groups -OCH3 is 1. The molecule has 0 unspecified atom stereocenters. The van der Waals surface area contributed by atoms with E-state index in [4.69, 9.17) is 4.74 Å². The lowest BCUT2D eigenvalue weighted by molar-refractivity contribution is -0.384. The van der Waals surface area contributed by atoms with Crippen LogP contribution in [0.4, 0.5) is 10.5 Å². The number of aliphatic hydroxyl groups excluding tert-OH is 1. The minimum absolute atomic E-state index is 0.158. The van der Waals surface area contributed by atoms with E-state index in [1.54, 1.807) is 0 Å². The Morgan fingerprint density at radius 2 is 1.85 bits per heavy atom. The normalized spacial score (nSPS) is 13.4. The highest BCUT2D eigenvalue weighted by Crippen LogP contribution is 2.21. The Hall–Kier alpha value is -2.46. The number of hydrogen-bond acceptors (Lipinski definition) is 7. The van der Waals surface area contributed by atoms with Gasteiger partial charge in [0, 0.05) is 20.2 Å². The molecule has 2 N–H and O–H groups in total. The van der Waals surface area contributed by atoms with Crippen molar-refractivity contribution in [3.05, 3.63) is 39.9 Å². The summed E-state index contributed by atoms with van der Waals surface area (Å²) in [4.78, 5) is 33.9. The largest absolute Gasteiger partial charge is 0.467 e. The molecule has 0 heterocycles. The number of amides is 1. The van der Waals surface area contributed by atoms with Crippen LogP contribution >= 0.6 is 0 Å². The van der Waals surface area contributed by atoms with Gasteiger partial charge in [-0.2, -0.15) is 0 Å². The first-order valence-corrected chi connectivity index (χ1v) is 11.7. The van der Waals surface area contributed by atoms with Gasteiger partial charge in [-0.15, -0.1) is 0 Å². The lowest BCUT2D eigenvalue weighted by atomic mass is 10.0. The summed E-state index contributed by atoms with van der Waals surface area (Å²) in [7, 11) is -0.262. The van der Waals surface area contributed by atoms with Crippen LogP contribution in [0.15, 0.2) is 24.3 Å². The highest BCUT2D eigenvalue weighted by Gasteiger charge is 2.31. The summed E-state index contributed by atoms with van der Waals surface area (Å²) in [5.41, 5.74) is 0.0580. The predicted octanol–water partition coefficient (Wildman–Crippen LogP) is 2.23. The Morgan fingerprint density at radius 1 is 1.27 bits per heavy atom. The van der Waals surface area contributed by atoms with Gasteiger partial charge in [0.15, 0.2) is 6.04 Å². The van der Waals surface area contributed by atoms with Gasteiger partial charge in [0.2, 0.25) is 0 Å². The minimum Gasteiger partial charge on any atom is -0.467 e. The molecule has 10 heteroatoms. The number of rotatable bonds is 8. The van der Waals surface area contributed by atoms with Crippen molar-refractivity contribution in [3.63, 3.8) is 0 Å². The molecule has 1 aromatic carbocycles. The van der Waals surface area contributed by atoms with Crippen LogP contribution in [0.3, 0.4) is 0 Å². The Kier molecular flexibility index (Phi) is 7.71. The number of benzene rings is 1. The van der Waals surface area contributed by atoms with E-state index in [2.05, 4.69) is 29.7 Å². The summed E-state index contributed by atoms with van der Waals surface area (Å²) >= 11 is 0. The number of hydrogen-bond donors (Lipinski definition) is 2. The molecule has 9 nitrogen and oxygen atoms in total. The van der Waals surface area contributed by atoms with Crippen molar-refractivity contribution in [1.29, 1.82) is 0 Å². The van der Waals surface area contributed by atoms with Gasteiger partial charge in [0.1, 0.15) is 6.10 Å². The standard InChI is InChI=1S/C16H24N2O7Si/c1-24-15(20)13(17-16(21)25-9-10-26(2,3)4)14(19)11-5-7-12(8-6-11)18(22)23/h5-8,13-14,19H,9-10H2,1-4H3,(H,17,21)/t13-,14+/m0/s1. The number of alkyl carbamates (subject to hydrolysis) is 1. The second-order valence-electron chi connectivity index (χ2n) is 6.89. The Balaban J connectivity index is 2.80. The molecule has 0 aliphatic heterocycles. The molecule has 0 aliphatic rings. The van der Waals surface area contributed by atoms with Gasteiger partial charge in [0.05, 0.1) is 18.6 Å². The number of nitrogens with one attached hydrogen (secondary N) is 1. The Labute approximate surface area is 152 Å².